The summed E-state index contributed by atoms with van der Waals surface area (Å²) in [5.74, 6) is 0.890. The number of carbonyl (C=O) groups excluding carboxylic acids is 2. The minimum absolute atomic E-state index is 0.152. The fraction of sp³-hybridized carbons (Fsp3) is 0.875. The van der Waals surface area contributed by atoms with Crippen LogP contribution in [0, 0.1) is 5.92 Å². The van der Waals surface area contributed by atoms with Crippen LogP contribution in [-0.2, 0) is 9.59 Å². The molecule has 0 aromatic carbocycles. The molecule has 2 aliphatic rings. The minimum atomic E-state index is -0.159. The van der Waals surface area contributed by atoms with E-state index in [1.807, 2.05) is 9.80 Å². The van der Waals surface area contributed by atoms with Crippen LogP contribution < -0.4 is 0 Å². The largest absolute Gasteiger partial charge is 0.331 e. The molecule has 0 aromatic rings. The Balaban J connectivity index is 1.97. The second kappa shape index (κ2) is 7.09. The number of hydrogen-bond acceptors (Lipinski definition) is 2. The third kappa shape index (κ3) is 3.33. The van der Waals surface area contributed by atoms with Gasteiger partial charge in [-0.1, -0.05) is 33.1 Å². The fourth-order valence-electron chi connectivity index (χ4n) is 3.41. The molecule has 2 amide bonds. The Hall–Kier alpha value is -1.06. The number of unbranched alkanes of at least 4 members (excludes halogenated alkanes) is 1. The molecule has 2 atom stereocenters. The van der Waals surface area contributed by atoms with E-state index in [9.17, 15) is 9.59 Å². The molecule has 0 spiro atoms. The van der Waals surface area contributed by atoms with Crippen molar-refractivity contribution >= 4 is 11.8 Å². The molecule has 0 radical (unpaired) electrons. The molecule has 0 aromatic heterocycles. The molecule has 2 aliphatic heterocycles. The summed E-state index contributed by atoms with van der Waals surface area (Å²) < 4.78 is 0. The zero-order valence-electron chi connectivity index (χ0n) is 12.9. The topological polar surface area (TPSA) is 40.6 Å². The van der Waals surface area contributed by atoms with E-state index < -0.39 is 0 Å². The zero-order chi connectivity index (χ0) is 14.5. The van der Waals surface area contributed by atoms with Gasteiger partial charge in [0.1, 0.15) is 6.04 Å². The predicted octanol–water partition coefficient (Wildman–Crippen LogP) is 2.43. The molecule has 2 saturated heterocycles. The van der Waals surface area contributed by atoms with E-state index in [4.69, 9.17) is 0 Å². The summed E-state index contributed by atoms with van der Waals surface area (Å²) in [6.07, 6.45) is 7.63. The Morgan fingerprint density at radius 1 is 1.25 bits per heavy atom. The Bertz CT molecular complexity index is 356. The molecule has 2 fully saturated rings. The summed E-state index contributed by atoms with van der Waals surface area (Å²) >= 11 is 0. The summed E-state index contributed by atoms with van der Waals surface area (Å²) in [6.45, 7) is 6.23. The third-order valence-corrected chi connectivity index (χ3v) is 4.77. The number of nitrogens with zero attached hydrogens (tertiary/aromatic N) is 2. The van der Waals surface area contributed by atoms with Crippen LogP contribution in [-0.4, -0.2) is 47.3 Å². The Morgan fingerprint density at radius 2 is 2.05 bits per heavy atom. The lowest BCUT2D eigenvalue weighted by Gasteiger charge is -2.43. The molecule has 114 valence electrons. The van der Waals surface area contributed by atoms with E-state index in [1.54, 1.807) is 0 Å². The van der Waals surface area contributed by atoms with E-state index >= 15 is 0 Å². The molecule has 4 heteroatoms. The summed E-state index contributed by atoms with van der Waals surface area (Å²) in [6, 6.07) is -0.159. The standard InChI is InChI=1S/C16H28N2O2/c1-3-5-8-13(4-2)11-17-12-15(19)18-10-7-6-9-14(18)16(17)20/h13-14H,3-12H2,1-2H3. The predicted molar refractivity (Wildman–Crippen MR) is 79.2 cm³/mol. The summed E-state index contributed by atoms with van der Waals surface area (Å²) in [7, 11) is 0. The molecule has 4 nitrogen and oxygen atoms in total. The van der Waals surface area contributed by atoms with Crippen LogP contribution in [0.1, 0.15) is 58.8 Å². The zero-order valence-corrected chi connectivity index (χ0v) is 12.9. The second-order valence-electron chi connectivity index (χ2n) is 6.23. The van der Waals surface area contributed by atoms with Gasteiger partial charge >= 0.3 is 0 Å². The second-order valence-corrected chi connectivity index (χ2v) is 6.23. The Morgan fingerprint density at radius 3 is 2.75 bits per heavy atom. The highest BCUT2D eigenvalue weighted by Crippen LogP contribution is 2.24. The number of fused-ring (bicyclic) bond motifs is 1. The number of hydrogen-bond donors (Lipinski definition) is 0. The quantitative estimate of drug-likeness (QED) is 0.749. The van der Waals surface area contributed by atoms with Crippen molar-refractivity contribution in [2.75, 3.05) is 19.6 Å². The van der Waals surface area contributed by atoms with Crippen molar-refractivity contribution in [3.8, 4) is 0 Å². The van der Waals surface area contributed by atoms with Gasteiger partial charge in [0.25, 0.3) is 0 Å². The first-order valence-electron chi connectivity index (χ1n) is 8.25. The summed E-state index contributed by atoms with van der Waals surface area (Å²) in [4.78, 5) is 28.4. The van der Waals surface area contributed by atoms with Crippen LogP contribution >= 0.6 is 0 Å². The minimum Gasteiger partial charge on any atom is -0.331 e. The lowest BCUT2D eigenvalue weighted by atomic mass is 9.95. The normalized spacial score (nSPS) is 24.8. The van der Waals surface area contributed by atoms with Crippen LogP contribution in [0.25, 0.3) is 0 Å². The van der Waals surface area contributed by atoms with E-state index in [0.29, 0.717) is 12.5 Å². The van der Waals surface area contributed by atoms with E-state index in [1.165, 1.54) is 19.3 Å². The van der Waals surface area contributed by atoms with Crippen molar-refractivity contribution in [2.45, 2.75) is 64.8 Å². The van der Waals surface area contributed by atoms with Crippen LogP contribution in [0.2, 0.25) is 0 Å². The van der Waals surface area contributed by atoms with Crippen LogP contribution in [0.15, 0.2) is 0 Å². The maximum atomic E-state index is 12.6. The number of carbonyl (C=O) groups is 2. The van der Waals surface area contributed by atoms with Gasteiger partial charge in [0.15, 0.2) is 0 Å². The van der Waals surface area contributed by atoms with Gasteiger partial charge in [0.05, 0.1) is 6.54 Å². The number of piperazine rings is 1. The van der Waals surface area contributed by atoms with Gasteiger partial charge < -0.3 is 9.80 Å². The molecule has 20 heavy (non-hydrogen) atoms. The summed E-state index contributed by atoms with van der Waals surface area (Å²) in [5.41, 5.74) is 0. The molecule has 0 aliphatic carbocycles. The highest BCUT2D eigenvalue weighted by molar-refractivity contribution is 5.95. The average molecular weight is 280 g/mol. The van der Waals surface area contributed by atoms with Crippen molar-refractivity contribution in [1.29, 1.82) is 0 Å². The van der Waals surface area contributed by atoms with Crippen molar-refractivity contribution in [2.24, 2.45) is 5.92 Å². The lowest BCUT2D eigenvalue weighted by molar-refractivity contribution is -0.158. The highest BCUT2D eigenvalue weighted by atomic mass is 16.2. The van der Waals surface area contributed by atoms with Crippen molar-refractivity contribution in [3.63, 3.8) is 0 Å². The first kappa shape index (κ1) is 15.3. The maximum Gasteiger partial charge on any atom is 0.245 e. The van der Waals surface area contributed by atoms with Crippen molar-refractivity contribution in [3.05, 3.63) is 0 Å². The van der Waals surface area contributed by atoms with Gasteiger partial charge in [-0.05, 0) is 31.6 Å². The van der Waals surface area contributed by atoms with Crippen LogP contribution in [0.4, 0.5) is 0 Å². The molecular formula is C16H28N2O2. The number of amides is 2. The van der Waals surface area contributed by atoms with Gasteiger partial charge in [0.2, 0.25) is 11.8 Å². The molecule has 0 bridgehead atoms. The smallest absolute Gasteiger partial charge is 0.245 e. The summed E-state index contributed by atoms with van der Waals surface area (Å²) in [5, 5.41) is 0. The molecule has 0 N–H and O–H groups in total. The van der Waals surface area contributed by atoms with Gasteiger partial charge in [-0.15, -0.1) is 0 Å². The Kier molecular flexibility index (Phi) is 5.44. The van der Waals surface area contributed by atoms with E-state index in [-0.39, 0.29) is 17.9 Å². The molecule has 2 rings (SSSR count). The fourth-order valence-corrected chi connectivity index (χ4v) is 3.41. The molecule has 2 unspecified atom stereocenters. The van der Waals surface area contributed by atoms with Gasteiger partial charge in [-0.2, -0.15) is 0 Å². The molecule has 0 saturated carbocycles. The van der Waals surface area contributed by atoms with E-state index in [2.05, 4.69) is 13.8 Å². The number of rotatable bonds is 6. The van der Waals surface area contributed by atoms with Crippen molar-refractivity contribution in [1.82, 2.24) is 9.80 Å². The van der Waals surface area contributed by atoms with Gasteiger partial charge in [0, 0.05) is 13.1 Å². The van der Waals surface area contributed by atoms with Crippen LogP contribution in [0.5, 0.6) is 0 Å². The maximum absolute atomic E-state index is 12.6. The highest BCUT2D eigenvalue weighted by Gasteiger charge is 2.40. The van der Waals surface area contributed by atoms with Gasteiger partial charge in [-0.25, -0.2) is 0 Å². The molecule has 2 heterocycles. The first-order valence-corrected chi connectivity index (χ1v) is 8.25. The number of piperidine rings is 1. The monoisotopic (exact) mass is 280 g/mol. The Labute approximate surface area is 122 Å². The first-order chi connectivity index (χ1) is 9.67. The van der Waals surface area contributed by atoms with Crippen molar-refractivity contribution < 1.29 is 9.59 Å². The molecular weight excluding hydrogens is 252 g/mol. The third-order valence-electron chi connectivity index (χ3n) is 4.77. The van der Waals surface area contributed by atoms with Gasteiger partial charge in [-0.3, -0.25) is 9.59 Å². The lowest BCUT2D eigenvalue weighted by Crippen LogP contribution is -2.61. The van der Waals surface area contributed by atoms with E-state index in [0.717, 1.165) is 38.8 Å². The van der Waals surface area contributed by atoms with Crippen LogP contribution in [0.3, 0.4) is 0 Å². The average Bonchev–Trinajstić information content (AvgIpc) is 2.48. The SMILES string of the molecule is CCCCC(CC)CN1CC(=O)N2CCCCC2C1=O.